The average molecular weight is 198 g/mol. The highest BCUT2D eigenvalue weighted by Crippen LogP contribution is 2.27. The number of furan rings is 1. The van der Waals surface area contributed by atoms with Crippen LogP contribution in [-0.4, -0.2) is 8.42 Å². The van der Waals surface area contributed by atoms with Crippen LogP contribution >= 0.6 is 0 Å². The molecule has 0 aliphatic carbocycles. The van der Waals surface area contributed by atoms with Crippen LogP contribution in [0.5, 0.6) is 5.95 Å². The number of fused-ring (bicyclic) bond motifs is 1. The lowest BCUT2D eigenvalue weighted by Crippen LogP contribution is -1.87. The second kappa shape index (κ2) is 3.10. The van der Waals surface area contributed by atoms with Crippen LogP contribution in [0.15, 0.2) is 34.9 Å². The van der Waals surface area contributed by atoms with Crippen molar-refractivity contribution in [2.45, 2.75) is 0 Å². The van der Waals surface area contributed by atoms with E-state index in [-0.39, 0.29) is 5.95 Å². The van der Waals surface area contributed by atoms with Gasteiger partial charge in [0.25, 0.3) is 0 Å². The summed E-state index contributed by atoms with van der Waals surface area (Å²) >= 11 is 0. The zero-order valence-corrected chi connectivity index (χ0v) is 7.36. The number of benzene rings is 1. The van der Waals surface area contributed by atoms with E-state index in [0.29, 0.717) is 5.39 Å². The Balaban J connectivity index is 2.57. The first-order valence-electron chi connectivity index (χ1n) is 3.56. The van der Waals surface area contributed by atoms with Crippen LogP contribution in [-0.2, 0) is 11.0 Å². The maximum atomic E-state index is 10.3. The van der Waals surface area contributed by atoms with Gasteiger partial charge in [-0.25, -0.2) is 0 Å². The van der Waals surface area contributed by atoms with Gasteiger partial charge in [-0.3, -0.25) is 0 Å². The second-order valence-electron chi connectivity index (χ2n) is 2.43. The minimum absolute atomic E-state index is 0.0201. The van der Waals surface area contributed by atoms with Crippen LogP contribution in [0.25, 0.3) is 10.8 Å². The SMILES string of the molecule is O=[SH](=O)Oc1occ2ccccc12. The summed E-state index contributed by atoms with van der Waals surface area (Å²) in [7, 11) is -2.92. The predicted molar refractivity (Wildman–Crippen MR) is 47.2 cm³/mol. The van der Waals surface area contributed by atoms with Crippen molar-refractivity contribution in [1.29, 1.82) is 0 Å². The molecular weight excluding hydrogens is 192 g/mol. The lowest BCUT2D eigenvalue weighted by Gasteiger charge is -1.90. The number of hydrogen-bond acceptors (Lipinski definition) is 4. The van der Waals surface area contributed by atoms with Gasteiger partial charge in [-0.05, 0) is 6.07 Å². The van der Waals surface area contributed by atoms with Gasteiger partial charge in [-0.1, -0.05) is 18.2 Å². The molecule has 0 unspecified atom stereocenters. The van der Waals surface area contributed by atoms with E-state index < -0.39 is 11.0 Å². The molecule has 0 saturated carbocycles. The van der Waals surface area contributed by atoms with Crippen molar-refractivity contribution in [2.24, 2.45) is 0 Å². The van der Waals surface area contributed by atoms with Gasteiger partial charge in [-0.2, -0.15) is 8.42 Å². The molecule has 0 spiro atoms. The maximum Gasteiger partial charge on any atom is 0.309 e. The lowest BCUT2D eigenvalue weighted by atomic mass is 10.2. The van der Waals surface area contributed by atoms with Gasteiger partial charge in [0.1, 0.15) is 6.26 Å². The minimum atomic E-state index is -2.92. The van der Waals surface area contributed by atoms with Gasteiger partial charge >= 0.3 is 16.9 Å². The minimum Gasteiger partial charge on any atom is -0.432 e. The highest BCUT2D eigenvalue weighted by atomic mass is 32.2. The summed E-state index contributed by atoms with van der Waals surface area (Å²) in [6.07, 6.45) is 1.45. The van der Waals surface area contributed by atoms with Crippen molar-refractivity contribution in [3.63, 3.8) is 0 Å². The van der Waals surface area contributed by atoms with E-state index in [4.69, 9.17) is 4.42 Å². The van der Waals surface area contributed by atoms with Crippen molar-refractivity contribution >= 4 is 21.8 Å². The molecule has 0 amide bonds. The molecule has 0 aliphatic heterocycles. The summed E-state index contributed by atoms with van der Waals surface area (Å²) in [6.45, 7) is 0. The monoisotopic (exact) mass is 198 g/mol. The fourth-order valence-electron chi connectivity index (χ4n) is 1.10. The fourth-order valence-corrected chi connectivity index (χ4v) is 1.38. The van der Waals surface area contributed by atoms with E-state index in [1.54, 1.807) is 12.1 Å². The average Bonchev–Trinajstić information content (AvgIpc) is 2.48. The van der Waals surface area contributed by atoms with Crippen molar-refractivity contribution in [3.8, 4) is 5.95 Å². The van der Waals surface area contributed by atoms with Crippen molar-refractivity contribution < 1.29 is 17.0 Å². The van der Waals surface area contributed by atoms with E-state index in [2.05, 4.69) is 4.18 Å². The standard InChI is InChI=1S/C8H6O4S/c9-13(10)12-8-7-4-2-1-3-6(7)5-11-8/h1-5,13H. The Bertz CT molecular complexity index is 490. The number of rotatable bonds is 2. The van der Waals surface area contributed by atoms with Gasteiger partial charge in [-0.15, -0.1) is 0 Å². The molecule has 68 valence electrons. The normalized spacial score (nSPS) is 10.8. The molecular formula is C8H6O4S. The summed E-state index contributed by atoms with van der Waals surface area (Å²) in [5.41, 5.74) is 0. The fraction of sp³-hybridized carbons (Fsp3) is 0. The highest BCUT2D eigenvalue weighted by molar-refractivity contribution is 7.67. The smallest absolute Gasteiger partial charge is 0.309 e. The summed E-state index contributed by atoms with van der Waals surface area (Å²) < 4.78 is 29.9. The topological polar surface area (TPSA) is 56.5 Å². The Morgan fingerprint density at radius 2 is 2.00 bits per heavy atom. The Hall–Kier alpha value is -1.49. The lowest BCUT2D eigenvalue weighted by molar-refractivity contribution is 0.399. The highest BCUT2D eigenvalue weighted by Gasteiger charge is 2.06. The third-order valence-corrected chi connectivity index (χ3v) is 1.95. The molecule has 2 rings (SSSR count). The van der Waals surface area contributed by atoms with Crippen LogP contribution in [0.4, 0.5) is 0 Å². The molecule has 4 nitrogen and oxygen atoms in total. The van der Waals surface area contributed by atoms with Gasteiger partial charge < -0.3 is 8.60 Å². The predicted octanol–water partition coefficient (Wildman–Crippen LogP) is 1.34. The molecule has 0 atom stereocenters. The molecule has 0 bridgehead atoms. The molecule has 5 heteroatoms. The van der Waals surface area contributed by atoms with Crippen molar-refractivity contribution in [2.75, 3.05) is 0 Å². The van der Waals surface area contributed by atoms with E-state index in [1.807, 2.05) is 12.1 Å². The van der Waals surface area contributed by atoms with Crippen LogP contribution in [0, 0.1) is 0 Å². The van der Waals surface area contributed by atoms with E-state index in [0.717, 1.165) is 5.39 Å². The van der Waals surface area contributed by atoms with Gasteiger partial charge in [0.2, 0.25) is 0 Å². The van der Waals surface area contributed by atoms with Crippen LogP contribution < -0.4 is 4.18 Å². The molecule has 0 N–H and O–H groups in total. The molecule has 13 heavy (non-hydrogen) atoms. The Morgan fingerprint density at radius 1 is 1.23 bits per heavy atom. The van der Waals surface area contributed by atoms with E-state index in [9.17, 15) is 8.42 Å². The summed E-state index contributed by atoms with van der Waals surface area (Å²) in [5, 5.41) is 1.47. The molecule has 1 heterocycles. The third kappa shape index (κ3) is 1.50. The second-order valence-corrected chi connectivity index (χ2v) is 3.06. The number of hydrogen-bond donors (Lipinski definition) is 1. The third-order valence-electron chi connectivity index (χ3n) is 1.63. The number of thiol groups is 1. The van der Waals surface area contributed by atoms with E-state index in [1.165, 1.54) is 6.26 Å². The van der Waals surface area contributed by atoms with Gasteiger partial charge in [0.05, 0.1) is 5.39 Å². The Kier molecular flexibility index (Phi) is 1.94. The quantitative estimate of drug-likeness (QED) is 0.740. The molecule has 2 aromatic rings. The first-order valence-corrected chi connectivity index (χ1v) is 4.65. The van der Waals surface area contributed by atoms with Crippen LogP contribution in [0.1, 0.15) is 0 Å². The summed E-state index contributed by atoms with van der Waals surface area (Å²) in [4.78, 5) is 0. The molecule has 0 fully saturated rings. The van der Waals surface area contributed by atoms with Gasteiger partial charge in [0.15, 0.2) is 0 Å². The largest absolute Gasteiger partial charge is 0.432 e. The molecule has 1 aromatic carbocycles. The summed E-state index contributed by atoms with van der Waals surface area (Å²) in [6, 6.07) is 7.15. The zero-order chi connectivity index (χ0) is 9.26. The Labute approximate surface area is 75.9 Å². The molecule has 1 aromatic heterocycles. The van der Waals surface area contributed by atoms with Crippen molar-refractivity contribution in [3.05, 3.63) is 30.5 Å². The maximum absolute atomic E-state index is 10.3. The molecule has 0 saturated heterocycles. The first kappa shape index (κ1) is 8.12. The van der Waals surface area contributed by atoms with E-state index >= 15 is 0 Å². The van der Waals surface area contributed by atoms with Crippen LogP contribution in [0.2, 0.25) is 0 Å². The first-order chi connectivity index (χ1) is 6.27. The molecule has 0 aliphatic rings. The van der Waals surface area contributed by atoms with Crippen LogP contribution in [0.3, 0.4) is 0 Å². The Morgan fingerprint density at radius 3 is 2.77 bits per heavy atom. The summed E-state index contributed by atoms with van der Waals surface area (Å²) in [5.74, 6) is 0.0201. The van der Waals surface area contributed by atoms with Gasteiger partial charge in [0, 0.05) is 5.39 Å². The molecule has 0 radical (unpaired) electrons. The van der Waals surface area contributed by atoms with Crippen molar-refractivity contribution in [1.82, 2.24) is 0 Å². The zero-order valence-electron chi connectivity index (χ0n) is 6.47.